The van der Waals surface area contributed by atoms with Crippen molar-refractivity contribution in [1.29, 1.82) is 0 Å². The molecule has 1 amide bonds. The van der Waals surface area contributed by atoms with E-state index in [0.717, 1.165) is 51.9 Å². The standard InChI is InChI=1S/C28H40N5O3/c1-2-3-14-30-18-20-32(23-30)16-6-13-29-28(36)26-11-9-25(10-12-26)27(35)8-4-5-15-31-19-21-33(24-31)17-7-22-34/h9-12,18-21,23-24,34H,2-8,13-17,22H2,1H3/q+1/p+1. The minimum atomic E-state index is -0.109. The fourth-order valence-electron chi connectivity index (χ4n) is 4.10. The number of hydrogen-bond acceptors (Lipinski definition) is 3. The number of imidazole rings is 2. The van der Waals surface area contributed by atoms with Crippen molar-refractivity contribution in [3.8, 4) is 0 Å². The van der Waals surface area contributed by atoms with Crippen LogP contribution in [0.1, 0.15) is 72.6 Å². The van der Waals surface area contributed by atoms with Gasteiger partial charge in [0.05, 0.1) is 26.2 Å². The van der Waals surface area contributed by atoms with Gasteiger partial charge in [0.1, 0.15) is 24.8 Å². The number of carbonyl (C=O) groups is 2. The molecule has 0 radical (unpaired) electrons. The molecule has 0 aliphatic rings. The molecule has 194 valence electrons. The average Bonchev–Trinajstić information content (AvgIpc) is 3.55. The second-order valence-corrected chi connectivity index (χ2v) is 9.28. The van der Waals surface area contributed by atoms with E-state index >= 15 is 0 Å². The molecule has 2 N–H and O–H groups in total. The van der Waals surface area contributed by atoms with Gasteiger partial charge in [0, 0.05) is 43.5 Å². The Balaban J connectivity index is 1.32. The van der Waals surface area contributed by atoms with E-state index in [9.17, 15) is 9.59 Å². The van der Waals surface area contributed by atoms with Crippen molar-refractivity contribution < 1.29 is 23.8 Å². The molecule has 0 saturated carbocycles. The monoisotopic (exact) mass is 495 g/mol. The number of nitrogens with zero attached hydrogens (tertiary/aromatic N) is 4. The highest BCUT2D eigenvalue weighted by molar-refractivity contribution is 5.98. The topological polar surface area (TPSA) is 84.0 Å². The van der Waals surface area contributed by atoms with Crippen LogP contribution in [0, 0.1) is 0 Å². The van der Waals surface area contributed by atoms with Crippen molar-refractivity contribution in [3.05, 3.63) is 72.8 Å². The van der Waals surface area contributed by atoms with Crippen LogP contribution in [0.4, 0.5) is 0 Å². The Kier molecular flexibility index (Phi) is 11.4. The molecule has 0 fully saturated rings. The van der Waals surface area contributed by atoms with E-state index in [2.05, 4.69) is 49.2 Å². The summed E-state index contributed by atoms with van der Waals surface area (Å²) in [5.41, 5.74) is 1.23. The fraction of sp³-hybridized carbons (Fsp3) is 0.500. The zero-order valence-electron chi connectivity index (χ0n) is 21.5. The predicted molar refractivity (Wildman–Crippen MR) is 137 cm³/mol. The summed E-state index contributed by atoms with van der Waals surface area (Å²) >= 11 is 0. The molecule has 0 unspecified atom stereocenters. The van der Waals surface area contributed by atoms with Crippen LogP contribution in [0.5, 0.6) is 0 Å². The van der Waals surface area contributed by atoms with Gasteiger partial charge in [-0.15, -0.1) is 0 Å². The van der Waals surface area contributed by atoms with Crippen LogP contribution in [0.25, 0.3) is 0 Å². The number of unbranched alkanes of at least 4 members (excludes halogenated alkanes) is 2. The molecule has 0 atom stereocenters. The zero-order chi connectivity index (χ0) is 25.6. The van der Waals surface area contributed by atoms with Gasteiger partial charge >= 0.3 is 0 Å². The second kappa shape index (κ2) is 15.0. The molecule has 0 spiro atoms. The van der Waals surface area contributed by atoms with E-state index in [4.69, 9.17) is 5.11 Å². The first-order valence-electron chi connectivity index (χ1n) is 13.2. The SMILES string of the molecule is CCCCn1cc[n+](CCCNC(=O)c2ccc(C(=O)CCCCn3cc[n+](CCCO)c3)cc2)c1. The molecule has 0 aliphatic heterocycles. The number of aryl methyl sites for hydroxylation is 4. The van der Waals surface area contributed by atoms with Crippen molar-refractivity contribution in [2.75, 3.05) is 13.2 Å². The predicted octanol–water partition coefficient (Wildman–Crippen LogP) is 2.92. The molecule has 8 nitrogen and oxygen atoms in total. The molecule has 36 heavy (non-hydrogen) atoms. The van der Waals surface area contributed by atoms with Gasteiger partial charge < -0.3 is 10.4 Å². The number of amides is 1. The van der Waals surface area contributed by atoms with E-state index in [0.29, 0.717) is 24.1 Å². The van der Waals surface area contributed by atoms with Gasteiger partial charge in [-0.3, -0.25) is 9.59 Å². The number of aliphatic hydroxyl groups excluding tert-OH is 1. The van der Waals surface area contributed by atoms with Crippen LogP contribution in [0.3, 0.4) is 0 Å². The Morgan fingerprint density at radius 1 is 0.833 bits per heavy atom. The highest BCUT2D eigenvalue weighted by Gasteiger charge is 2.10. The Labute approximate surface area is 214 Å². The second-order valence-electron chi connectivity index (χ2n) is 9.28. The third-order valence-corrected chi connectivity index (χ3v) is 6.25. The molecule has 0 aliphatic carbocycles. The molecule has 0 saturated heterocycles. The van der Waals surface area contributed by atoms with Crippen molar-refractivity contribution in [3.63, 3.8) is 0 Å². The lowest BCUT2D eigenvalue weighted by atomic mass is 10.0. The summed E-state index contributed by atoms with van der Waals surface area (Å²) in [7, 11) is 0. The molecule has 3 aromatic rings. The summed E-state index contributed by atoms with van der Waals surface area (Å²) in [5.74, 6) is -0.00200. The lowest BCUT2D eigenvalue weighted by molar-refractivity contribution is -0.697. The third-order valence-electron chi connectivity index (χ3n) is 6.25. The quantitative estimate of drug-likeness (QED) is 0.172. The minimum absolute atomic E-state index is 0.107. The van der Waals surface area contributed by atoms with Crippen LogP contribution in [0.2, 0.25) is 0 Å². The number of carbonyl (C=O) groups excluding carboxylic acids is 2. The van der Waals surface area contributed by atoms with Gasteiger partial charge in [0.2, 0.25) is 12.7 Å². The van der Waals surface area contributed by atoms with Crippen molar-refractivity contribution in [2.45, 2.75) is 78.0 Å². The van der Waals surface area contributed by atoms with E-state index in [-0.39, 0.29) is 18.3 Å². The van der Waals surface area contributed by atoms with E-state index < -0.39 is 0 Å². The van der Waals surface area contributed by atoms with Crippen LogP contribution >= 0.6 is 0 Å². The van der Waals surface area contributed by atoms with Crippen LogP contribution in [0.15, 0.2) is 61.7 Å². The summed E-state index contributed by atoms with van der Waals surface area (Å²) in [6.45, 7) is 6.57. The van der Waals surface area contributed by atoms with Crippen LogP contribution < -0.4 is 14.5 Å². The summed E-state index contributed by atoms with van der Waals surface area (Å²) < 4.78 is 8.52. The van der Waals surface area contributed by atoms with Gasteiger partial charge in [-0.1, -0.05) is 25.5 Å². The minimum Gasteiger partial charge on any atom is -0.396 e. The number of ketones is 1. The average molecular weight is 496 g/mol. The molecule has 0 bridgehead atoms. The molecule has 1 aromatic carbocycles. The number of aromatic nitrogens is 4. The van der Waals surface area contributed by atoms with E-state index in [1.165, 1.54) is 12.8 Å². The van der Waals surface area contributed by atoms with Gasteiger partial charge in [-0.05, 0) is 31.4 Å². The Hall–Kier alpha value is -3.26. The summed E-state index contributed by atoms with van der Waals surface area (Å²) in [6.07, 6.45) is 18.5. The molecular formula is C28H41N5O3+2. The Bertz CT molecular complexity index is 986. The summed E-state index contributed by atoms with van der Waals surface area (Å²) in [4.78, 5) is 25.0. The van der Waals surface area contributed by atoms with Gasteiger partial charge in [-0.25, -0.2) is 18.3 Å². The zero-order valence-corrected chi connectivity index (χ0v) is 21.5. The largest absolute Gasteiger partial charge is 0.396 e. The summed E-state index contributed by atoms with van der Waals surface area (Å²) in [6, 6.07) is 6.97. The van der Waals surface area contributed by atoms with Crippen molar-refractivity contribution in [2.24, 2.45) is 0 Å². The maximum Gasteiger partial charge on any atom is 0.251 e. The number of hydrogen-bond donors (Lipinski definition) is 2. The van der Waals surface area contributed by atoms with E-state index in [1.807, 2.05) is 18.7 Å². The molecular weight excluding hydrogens is 454 g/mol. The highest BCUT2D eigenvalue weighted by Crippen LogP contribution is 2.10. The molecule has 3 rings (SSSR count). The molecule has 2 aromatic heterocycles. The van der Waals surface area contributed by atoms with Crippen LogP contribution in [-0.2, 0) is 26.2 Å². The third kappa shape index (κ3) is 9.07. The molecule has 8 heteroatoms. The highest BCUT2D eigenvalue weighted by atomic mass is 16.3. The first-order valence-corrected chi connectivity index (χ1v) is 13.2. The normalized spacial score (nSPS) is 11.1. The smallest absolute Gasteiger partial charge is 0.251 e. The van der Waals surface area contributed by atoms with Crippen LogP contribution in [-0.4, -0.2) is 39.1 Å². The first kappa shape index (κ1) is 27.3. The maximum atomic E-state index is 12.5. The number of aliphatic hydroxyl groups is 1. The van der Waals surface area contributed by atoms with Crippen molar-refractivity contribution >= 4 is 11.7 Å². The Morgan fingerprint density at radius 2 is 1.44 bits per heavy atom. The van der Waals surface area contributed by atoms with Gasteiger partial charge in [-0.2, -0.15) is 0 Å². The number of Topliss-reactive ketones (excluding diaryl/α,β-unsaturated/α-hetero) is 1. The number of benzene rings is 1. The molecule has 2 heterocycles. The first-order chi connectivity index (χ1) is 17.6. The number of nitrogens with one attached hydrogen (secondary N) is 1. The summed E-state index contributed by atoms with van der Waals surface area (Å²) in [5, 5.41) is 11.9. The lowest BCUT2D eigenvalue weighted by Crippen LogP contribution is -2.34. The van der Waals surface area contributed by atoms with E-state index in [1.54, 1.807) is 24.3 Å². The van der Waals surface area contributed by atoms with Gasteiger partial charge in [0.15, 0.2) is 5.78 Å². The van der Waals surface area contributed by atoms with Crippen molar-refractivity contribution in [1.82, 2.24) is 14.5 Å². The number of rotatable bonds is 17. The van der Waals surface area contributed by atoms with Gasteiger partial charge in [0.25, 0.3) is 5.91 Å². The fourth-order valence-corrected chi connectivity index (χ4v) is 4.10. The maximum absolute atomic E-state index is 12.5. The Morgan fingerprint density at radius 3 is 2.08 bits per heavy atom. The lowest BCUT2D eigenvalue weighted by Gasteiger charge is -2.06.